The molecule has 0 saturated heterocycles. The SMILES string of the molecule is COC(=O)CCN(C)c1ncncc1Br. The maximum Gasteiger partial charge on any atom is 0.307 e. The normalized spacial score (nSPS) is 9.80. The zero-order chi connectivity index (χ0) is 11.3. The van der Waals surface area contributed by atoms with Crippen LogP contribution in [0, 0.1) is 0 Å². The van der Waals surface area contributed by atoms with Crippen molar-refractivity contribution in [3.8, 4) is 0 Å². The van der Waals surface area contributed by atoms with Crippen LogP contribution in [0.2, 0.25) is 0 Å². The molecular weight excluding hydrogens is 262 g/mol. The Hall–Kier alpha value is -1.17. The van der Waals surface area contributed by atoms with Crippen LogP contribution in [-0.4, -0.2) is 36.6 Å². The van der Waals surface area contributed by atoms with Gasteiger partial charge < -0.3 is 9.64 Å². The quantitative estimate of drug-likeness (QED) is 0.773. The predicted octanol–water partition coefficient (Wildman–Crippen LogP) is 1.24. The van der Waals surface area contributed by atoms with E-state index < -0.39 is 0 Å². The van der Waals surface area contributed by atoms with Gasteiger partial charge in [-0.25, -0.2) is 9.97 Å². The van der Waals surface area contributed by atoms with Crippen LogP contribution >= 0.6 is 15.9 Å². The second kappa shape index (κ2) is 5.65. The van der Waals surface area contributed by atoms with Gasteiger partial charge in [-0.1, -0.05) is 0 Å². The fraction of sp³-hybridized carbons (Fsp3) is 0.444. The summed E-state index contributed by atoms with van der Waals surface area (Å²) in [5.41, 5.74) is 0. The molecule has 0 N–H and O–H groups in total. The fourth-order valence-corrected chi connectivity index (χ4v) is 1.58. The van der Waals surface area contributed by atoms with Crippen molar-refractivity contribution in [3.05, 3.63) is 17.0 Å². The molecule has 1 aromatic heterocycles. The Morgan fingerprint density at radius 1 is 1.67 bits per heavy atom. The third-order valence-corrected chi connectivity index (χ3v) is 2.45. The van der Waals surface area contributed by atoms with Gasteiger partial charge in [-0.2, -0.15) is 0 Å². The van der Waals surface area contributed by atoms with E-state index in [9.17, 15) is 4.79 Å². The van der Waals surface area contributed by atoms with Crippen molar-refractivity contribution in [1.82, 2.24) is 9.97 Å². The zero-order valence-corrected chi connectivity index (χ0v) is 10.2. The number of rotatable bonds is 4. The van der Waals surface area contributed by atoms with E-state index >= 15 is 0 Å². The van der Waals surface area contributed by atoms with Crippen LogP contribution in [0.1, 0.15) is 6.42 Å². The molecule has 0 radical (unpaired) electrons. The second-order valence-corrected chi connectivity index (χ2v) is 3.80. The summed E-state index contributed by atoms with van der Waals surface area (Å²) in [7, 11) is 3.24. The van der Waals surface area contributed by atoms with Gasteiger partial charge in [-0.15, -0.1) is 0 Å². The van der Waals surface area contributed by atoms with E-state index in [1.54, 1.807) is 6.20 Å². The lowest BCUT2D eigenvalue weighted by atomic mass is 10.4. The first kappa shape index (κ1) is 11.9. The van der Waals surface area contributed by atoms with Crippen molar-refractivity contribution >= 4 is 27.7 Å². The Morgan fingerprint density at radius 2 is 2.40 bits per heavy atom. The Morgan fingerprint density at radius 3 is 3.00 bits per heavy atom. The molecule has 0 aliphatic rings. The van der Waals surface area contributed by atoms with Gasteiger partial charge in [-0.3, -0.25) is 4.79 Å². The van der Waals surface area contributed by atoms with E-state index in [2.05, 4.69) is 30.6 Å². The predicted molar refractivity (Wildman–Crippen MR) is 59.6 cm³/mol. The summed E-state index contributed by atoms with van der Waals surface area (Å²) in [5, 5.41) is 0. The highest BCUT2D eigenvalue weighted by atomic mass is 79.9. The van der Waals surface area contributed by atoms with Crippen molar-refractivity contribution in [3.63, 3.8) is 0 Å². The molecule has 1 rings (SSSR count). The van der Waals surface area contributed by atoms with Crippen LogP contribution in [0.15, 0.2) is 17.0 Å². The second-order valence-electron chi connectivity index (χ2n) is 2.94. The van der Waals surface area contributed by atoms with E-state index in [0.717, 1.165) is 10.3 Å². The molecule has 82 valence electrons. The number of hydrogen-bond donors (Lipinski definition) is 0. The van der Waals surface area contributed by atoms with Gasteiger partial charge in [0.05, 0.1) is 18.0 Å². The Kier molecular flexibility index (Phi) is 4.48. The first-order valence-corrected chi connectivity index (χ1v) is 5.18. The smallest absolute Gasteiger partial charge is 0.307 e. The lowest BCUT2D eigenvalue weighted by Gasteiger charge is -2.17. The number of esters is 1. The molecule has 0 aliphatic heterocycles. The van der Waals surface area contributed by atoms with Crippen LogP contribution in [-0.2, 0) is 9.53 Å². The van der Waals surface area contributed by atoms with Crippen molar-refractivity contribution < 1.29 is 9.53 Å². The molecule has 1 aromatic rings. The average molecular weight is 274 g/mol. The van der Waals surface area contributed by atoms with Gasteiger partial charge in [0.1, 0.15) is 12.1 Å². The lowest BCUT2D eigenvalue weighted by Crippen LogP contribution is -2.22. The number of carbonyl (C=O) groups is 1. The third kappa shape index (κ3) is 3.47. The maximum atomic E-state index is 10.9. The highest BCUT2D eigenvalue weighted by Gasteiger charge is 2.09. The fourth-order valence-electron chi connectivity index (χ4n) is 1.05. The molecule has 0 saturated carbocycles. The Balaban J connectivity index is 2.57. The zero-order valence-electron chi connectivity index (χ0n) is 8.61. The Labute approximate surface area is 96.6 Å². The van der Waals surface area contributed by atoms with Crippen molar-refractivity contribution in [2.24, 2.45) is 0 Å². The maximum absolute atomic E-state index is 10.9. The minimum atomic E-state index is -0.230. The molecule has 15 heavy (non-hydrogen) atoms. The summed E-state index contributed by atoms with van der Waals surface area (Å²) in [6, 6.07) is 0. The molecule has 0 amide bonds. The molecule has 0 unspecified atom stereocenters. The van der Waals surface area contributed by atoms with E-state index in [-0.39, 0.29) is 5.97 Å². The van der Waals surface area contributed by atoms with Gasteiger partial charge in [0.25, 0.3) is 0 Å². The third-order valence-electron chi connectivity index (χ3n) is 1.89. The molecule has 0 fully saturated rings. The number of anilines is 1. The topological polar surface area (TPSA) is 55.3 Å². The molecule has 0 aliphatic carbocycles. The number of nitrogens with zero attached hydrogens (tertiary/aromatic N) is 3. The summed E-state index contributed by atoms with van der Waals surface area (Å²) in [6.07, 6.45) is 3.47. The van der Waals surface area contributed by atoms with Gasteiger partial charge in [0, 0.05) is 19.8 Å². The van der Waals surface area contributed by atoms with Crippen LogP contribution in [0.4, 0.5) is 5.82 Å². The van der Waals surface area contributed by atoms with E-state index in [0.29, 0.717) is 13.0 Å². The van der Waals surface area contributed by atoms with Crippen LogP contribution in [0.25, 0.3) is 0 Å². The van der Waals surface area contributed by atoms with Crippen LogP contribution in [0.5, 0.6) is 0 Å². The van der Waals surface area contributed by atoms with E-state index in [1.165, 1.54) is 13.4 Å². The van der Waals surface area contributed by atoms with Crippen molar-refractivity contribution in [1.29, 1.82) is 0 Å². The van der Waals surface area contributed by atoms with Crippen molar-refractivity contribution in [2.45, 2.75) is 6.42 Å². The van der Waals surface area contributed by atoms with Crippen molar-refractivity contribution in [2.75, 3.05) is 25.6 Å². The average Bonchev–Trinajstić information content (AvgIpc) is 2.26. The van der Waals surface area contributed by atoms with Gasteiger partial charge in [-0.05, 0) is 15.9 Å². The van der Waals surface area contributed by atoms with Gasteiger partial charge in [0.15, 0.2) is 0 Å². The highest BCUT2D eigenvalue weighted by molar-refractivity contribution is 9.10. The summed E-state index contributed by atoms with van der Waals surface area (Å²) < 4.78 is 5.36. The summed E-state index contributed by atoms with van der Waals surface area (Å²) in [5.74, 6) is 0.529. The van der Waals surface area contributed by atoms with Crippen LogP contribution < -0.4 is 4.90 Å². The summed E-state index contributed by atoms with van der Waals surface area (Å²) in [6.45, 7) is 0.558. The van der Waals surface area contributed by atoms with Gasteiger partial charge in [0.2, 0.25) is 0 Å². The Bertz CT molecular complexity index is 346. The minimum Gasteiger partial charge on any atom is -0.469 e. The summed E-state index contributed by atoms with van der Waals surface area (Å²) >= 11 is 3.34. The summed E-state index contributed by atoms with van der Waals surface area (Å²) in [4.78, 5) is 20.8. The first-order chi connectivity index (χ1) is 7.15. The largest absolute Gasteiger partial charge is 0.469 e. The van der Waals surface area contributed by atoms with Gasteiger partial charge >= 0.3 is 5.97 Å². The highest BCUT2D eigenvalue weighted by Crippen LogP contribution is 2.20. The number of hydrogen-bond acceptors (Lipinski definition) is 5. The molecule has 1 heterocycles. The molecule has 0 bridgehead atoms. The molecule has 6 heteroatoms. The molecular formula is C9H12BrN3O2. The molecule has 0 atom stereocenters. The number of carbonyl (C=O) groups excluding carboxylic acids is 1. The standard InChI is InChI=1S/C9H12BrN3O2/c1-13(4-3-8(14)15-2)9-7(10)5-11-6-12-9/h5-6H,3-4H2,1-2H3. The first-order valence-electron chi connectivity index (χ1n) is 4.38. The number of ether oxygens (including phenoxy) is 1. The lowest BCUT2D eigenvalue weighted by molar-refractivity contribution is -0.140. The number of halogens is 1. The molecule has 0 aromatic carbocycles. The number of aromatic nitrogens is 2. The van der Waals surface area contributed by atoms with E-state index in [1.807, 2.05) is 11.9 Å². The molecule has 5 nitrogen and oxygen atoms in total. The van der Waals surface area contributed by atoms with E-state index in [4.69, 9.17) is 0 Å². The monoisotopic (exact) mass is 273 g/mol. The van der Waals surface area contributed by atoms with Crippen LogP contribution in [0.3, 0.4) is 0 Å². The number of methoxy groups -OCH3 is 1. The molecule has 0 spiro atoms. The minimum absolute atomic E-state index is 0.230.